The SMILES string of the molecule is COc1ccc2ccnc(C(C#N)CCl)c2c1. The number of alkyl halides is 1. The van der Waals surface area contributed by atoms with E-state index in [1.54, 1.807) is 13.3 Å². The molecule has 0 N–H and O–H groups in total. The fraction of sp³-hybridized carbons (Fsp3) is 0.231. The van der Waals surface area contributed by atoms with E-state index in [9.17, 15) is 0 Å². The van der Waals surface area contributed by atoms with Crippen molar-refractivity contribution in [1.29, 1.82) is 5.26 Å². The van der Waals surface area contributed by atoms with Gasteiger partial charge in [0.1, 0.15) is 11.7 Å². The first kappa shape index (κ1) is 11.7. The summed E-state index contributed by atoms with van der Waals surface area (Å²) < 4.78 is 5.18. The summed E-state index contributed by atoms with van der Waals surface area (Å²) in [5, 5.41) is 11.0. The van der Waals surface area contributed by atoms with Crippen molar-refractivity contribution < 1.29 is 4.74 Å². The molecule has 86 valence electrons. The zero-order chi connectivity index (χ0) is 12.3. The maximum Gasteiger partial charge on any atom is 0.119 e. The van der Waals surface area contributed by atoms with E-state index in [-0.39, 0.29) is 5.88 Å². The van der Waals surface area contributed by atoms with E-state index in [0.717, 1.165) is 16.5 Å². The van der Waals surface area contributed by atoms with Crippen molar-refractivity contribution >= 4 is 22.4 Å². The van der Waals surface area contributed by atoms with Crippen LogP contribution < -0.4 is 4.74 Å². The Morgan fingerprint density at radius 3 is 2.94 bits per heavy atom. The minimum Gasteiger partial charge on any atom is -0.497 e. The maximum atomic E-state index is 9.06. The number of fused-ring (bicyclic) bond motifs is 1. The number of benzene rings is 1. The van der Waals surface area contributed by atoms with Gasteiger partial charge in [0.05, 0.1) is 18.9 Å². The first-order valence-corrected chi connectivity index (χ1v) is 5.72. The molecule has 1 aromatic heterocycles. The second-order valence-corrected chi connectivity index (χ2v) is 3.93. The highest BCUT2D eigenvalue weighted by Crippen LogP contribution is 2.27. The summed E-state index contributed by atoms with van der Waals surface area (Å²) in [6.45, 7) is 0. The zero-order valence-corrected chi connectivity index (χ0v) is 10.1. The van der Waals surface area contributed by atoms with Gasteiger partial charge in [-0.1, -0.05) is 6.07 Å². The van der Waals surface area contributed by atoms with Crippen molar-refractivity contribution in [2.75, 3.05) is 13.0 Å². The van der Waals surface area contributed by atoms with Gasteiger partial charge in [-0.05, 0) is 23.6 Å². The van der Waals surface area contributed by atoms with E-state index < -0.39 is 5.92 Å². The third-order valence-electron chi connectivity index (χ3n) is 2.64. The summed E-state index contributed by atoms with van der Waals surface area (Å²) in [5.74, 6) is 0.588. The highest BCUT2D eigenvalue weighted by Gasteiger charge is 2.14. The molecule has 4 heteroatoms. The van der Waals surface area contributed by atoms with Crippen LogP contribution in [0.25, 0.3) is 10.8 Å². The molecule has 0 saturated carbocycles. The molecule has 0 amide bonds. The fourth-order valence-electron chi connectivity index (χ4n) is 1.74. The Hall–Kier alpha value is -1.79. The van der Waals surface area contributed by atoms with Crippen molar-refractivity contribution in [2.24, 2.45) is 0 Å². The minimum atomic E-state index is -0.396. The summed E-state index contributed by atoms with van der Waals surface area (Å²) in [5.41, 5.74) is 0.707. The molecule has 17 heavy (non-hydrogen) atoms. The summed E-state index contributed by atoms with van der Waals surface area (Å²) in [6.07, 6.45) is 1.70. The number of pyridine rings is 1. The molecule has 2 aromatic rings. The number of hydrogen-bond donors (Lipinski definition) is 0. The summed E-state index contributed by atoms with van der Waals surface area (Å²) in [4.78, 5) is 4.26. The Morgan fingerprint density at radius 1 is 1.47 bits per heavy atom. The highest BCUT2D eigenvalue weighted by atomic mass is 35.5. The Kier molecular flexibility index (Phi) is 3.46. The van der Waals surface area contributed by atoms with Gasteiger partial charge in [0, 0.05) is 17.5 Å². The first-order valence-electron chi connectivity index (χ1n) is 5.18. The van der Waals surface area contributed by atoms with Crippen LogP contribution in [-0.4, -0.2) is 18.0 Å². The van der Waals surface area contributed by atoms with Gasteiger partial charge in [-0.3, -0.25) is 4.98 Å². The molecule has 3 nitrogen and oxygen atoms in total. The molecule has 0 aliphatic rings. The van der Waals surface area contributed by atoms with Crippen molar-refractivity contribution in [1.82, 2.24) is 4.98 Å². The number of methoxy groups -OCH3 is 1. The number of rotatable bonds is 3. The van der Waals surface area contributed by atoms with Gasteiger partial charge < -0.3 is 4.74 Å². The lowest BCUT2D eigenvalue weighted by molar-refractivity contribution is 0.415. The normalized spacial score (nSPS) is 12.1. The van der Waals surface area contributed by atoms with Crippen LogP contribution in [0.15, 0.2) is 30.5 Å². The van der Waals surface area contributed by atoms with Crippen LogP contribution in [-0.2, 0) is 0 Å². The number of nitriles is 1. The van der Waals surface area contributed by atoms with Crippen LogP contribution in [0.4, 0.5) is 0 Å². The van der Waals surface area contributed by atoms with E-state index >= 15 is 0 Å². The quantitative estimate of drug-likeness (QED) is 0.782. The van der Waals surface area contributed by atoms with Crippen LogP contribution in [0.3, 0.4) is 0 Å². The molecule has 0 aliphatic carbocycles. The Labute approximate surface area is 105 Å². The molecule has 1 heterocycles. The first-order chi connectivity index (χ1) is 8.30. The third-order valence-corrected chi connectivity index (χ3v) is 2.95. The molecule has 2 rings (SSSR count). The van der Waals surface area contributed by atoms with Gasteiger partial charge in [-0.25, -0.2) is 0 Å². The Morgan fingerprint density at radius 2 is 2.29 bits per heavy atom. The smallest absolute Gasteiger partial charge is 0.119 e. The molecule has 0 aliphatic heterocycles. The summed E-state index contributed by atoms with van der Waals surface area (Å²) in [6, 6.07) is 9.78. The minimum absolute atomic E-state index is 0.236. The lowest BCUT2D eigenvalue weighted by atomic mass is 10.0. The molecule has 0 fully saturated rings. The van der Waals surface area contributed by atoms with Crippen LogP contribution in [0, 0.1) is 11.3 Å². The lowest BCUT2D eigenvalue weighted by Crippen LogP contribution is -2.01. The van der Waals surface area contributed by atoms with E-state index in [1.807, 2.05) is 24.3 Å². The molecular weight excluding hydrogens is 236 g/mol. The van der Waals surface area contributed by atoms with Crippen molar-refractivity contribution in [3.63, 3.8) is 0 Å². The molecular formula is C13H11ClN2O. The molecule has 0 saturated heterocycles. The van der Waals surface area contributed by atoms with Gasteiger partial charge in [0.2, 0.25) is 0 Å². The number of nitrogens with zero attached hydrogens (tertiary/aromatic N) is 2. The van der Waals surface area contributed by atoms with E-state index in [2.05, 4.69) is 11.1 Å². The molecule has 0 spiro atoms. The van der Waals surface area contributed by atoms with Gasteiger partial charge in [-0.2, -0.15) is 5.26 Å². The number of aromatic nitrogens is 1. The molecule has 1 aromatic carbocycles. The molecule has 1 atom stereocenters. The average molecular weight is 247 g/mol. The van der Waals surface area contributed by atoms with Gasteiger partial charge in [-0.15, -0.1) is 11.6 Å². The van der Waals surface area contributed by atoms with Gasteiger partial charge in [0.15, 0.2) is 0 Å². The topological polar surface area (TPSA) is 45.9 Å². The number of hydrogen-bond acceptors (Lipinski definition) is 3. The van der Waals surface area contributed by atoms with E-state index in [4.69, 9.17) is 21.6 Å². The monoisotopic (exact) mass is 246 g/mol. The average Bonchev–Trinajstić information content (AvgIpc) is 2.40. The number of halogens is 1. The molecule has 0 bridgehead atoms. The van der Waals surface area contributed by atoms with Crippen LogP contribution in [0.5, 0.6) is 5.75 Å². The maximum absolute atomic E-state index is 9.06. The van der Waals surface area contributed by atoms with Gasteiger partial charge in [0.25, 0.3) is 0 Å². The third kappa shape index (κ3) is 2.17. The predicted molar refractivity (Wildman–Crippen MR) is 67.4 cm³/mol. The lowest BCUT2D eigenvalue weighted by Gasteiger charge is -2.09. The van der Waals surface area contributed by atoms with Crippen molar-refractivity contribution in [3.05, 3.63) is 36.2 Å². The fourth-order valence-corrected chi connectivity index (χ4v) is 1.96. The van der Waals surface area contributed by atoms with Crippen LogP contribution in [0.1, 0.15) is 11.6 Å². The van der Waals surface area contributed by atoms with Crippen LogP contribution in [0.2, 0.25) is 0 Å². The molecule has 1 unspecified atom stereocenters. The largest absolute Gasteiger partial charge is 0.497 e. The second-order valence-electron chi connectivity index (χ2n) is 3.62. The van der Waals surface area contributed by atoms with Crippen LogP contribution >= 0.6 is 11.6 Å². The van der Waals surface area contributed by atoms with E-state index in [1.165, 1.54) is 0 Å². The highest BCUT2D eigenvalue weighted by molar-refractivity contribution is 6.18. The Balaban J connectivity index is 2.66. The predicted octanol–water partition coefficient (Wildman–Crippen LogP) is 3.09. The Bertz CT molecular complexity index is 577. The van der Waals surface area contributed by atoms with Gasteiger partial charge >= 0.3 is 0 Å². The standard InChI is InChI=1S/C13H11ClN2O/c1-17-11-3-2-9-4-5-16-13(12(9)6-11)10(7-14)8-15/h2-6,10H,7H2,1H3. The molecule has 0 radical (unpaired) electrons. The summed E-state index contributed by atoms with van der Waals surface area (Å²) >= 11 is 5.78. The zero-order valence-electron chi connectivity index (χ0n) is 9.35. The second kappa shape index (κ2) is 5.03. The van der Waals surface area contributed by atoms with Crippen molar-refractivity contribution in [3.8, 4) is 11.8 Å². The summed E-state index contributed by atoms with van der Waals surface area (Å²) in [7, 11) is 1.61. The van der Waals surface area contributed by atoms with Crippen molar-refractivity contribution in [2.45, 2.75) is 5.92 Å². The van der Waals surface area contributed by atoms with E-state index in [0.29, 0.717) is 5.69 Å². The number of ether oxygens (including phenoxy) is 1.